The molecule has 1 unspecified atom stereocenters. The molecule has 4 rings (SSSR count). The zero-order valence-corrected chi connectivity index (χ0v) is 13.7. The second-order valence-corrected chi connectivity index (χ2v) is 6.91. The molecule has 1 aromatic carbocycles. The van der Waals surface area contributed by atoms with Gasteiger partial charge in [-0.3, -0.25) is 9.59 Å². The molecule has 0 N–H and O–H groups in total. The molecule has 1 aromatic heterocycles. The van der Waals surface area contributed by atoms with Crippen LogP contribution in [0.1, 0.15) is 38.5 Å². The maximum Gasteiger partial charge on any atom is 0.278 e. The van der Waals surface area contributed by atoms with Crippen molar-refractivity contribution in [1.82, 2.24) is 19.9 Å². The van der Waals surface area contributed by atoms with Gasteiger partial charge in [-0.15, -0.1) is 5.10 Å². The van der Waals surface area contributed by atoms with Gasteiger partial charge in [0.25, 0.3) is 5.56 Å². The molecule has 24 heavy (non-hydrogen) atoms. The molecule has 2 aliphatic rings. The predicted molar refractivity (Wildman–Crippen MR) is 90.5 cm³/mol. The van der Waals surface area contributed by atoms with Crippen LogP contribution in [0.25, 0.3) is 10.9 Å². The fraction of sp³-hybridized carbons (Fsp3) is 0.556. The minimum atomic E-state index is -0.245. The first-order valence-electron chi connectivity index (χ1n) is 8.86. The van der Waals surface area contributed by atoms with E-state index in [9.17, 15) is 9.59 Å². The Morgan fingerprint density at radius 2 is 1.92 bits per heavy atom. The fourth-order valence-corrected chi connectivity index (χ4v) is 4.28. The molecule has 2 heterocycles. The highest BCUT2D eigenvalue weighted by atomic mass is 16.2. The maximum absolute atomic E-state index is 12.8. The number of carbonyl (C=O) groups is 1. The van der Waals surface area contributed by atoms with Crippen LogP contribution in [-0.2, 0) is 11.3 Å². The second kappa shape index (κ2) is 6.34. The number of benzene rings is 1. The molecule has 1 aliphatic heterocycles. The molecule has 1 saturated carbocycles. The highest BCUT2D eigenvalue weighted by Gasteiger charge is 2.35. The van der Waals surface area contributed by atoms with Crippen LogP contribution in [-0.4, -0.2) is 38.4 Å². The minimum absolute atomic E-state index is 0.00363. The Morgan fingerprint density at radius 1 is 1.12 bits per heavy atom. The minimum Gasteiger partial charge on any atom is -0.338 e. The average molecular weight is 326 g/mol. The number of likely N-dealkylation sites (tertiary alicyclic amines) is 1. The molecule has 1 amide bonds. The van der Waals surface area contributed by atoms with Crippen LogP contribution in [0, 0.1) is 5.92 Å². The van der Waals surface area contributed by atoms with Gasteiger partial charge in [-0.05, 0) is 43.7 Å². The van der Waals surface area contributed by atoms with Crippen molar-refractivity contribution in [1.29, 1.82) is 0 Å². The van der Waals surface area contributed by atoms with Crippen molar-refractivity contribution in [3.63, 3.8) is 0 Å². The number of nitrogens with zero attached hydrogens (tertiary/aromatic N) is 4. The lowest BCUT2D eigenvalue weighted by Gasteiger charge is -2.29. The number of rotatable bonds is 3. The summed E-state index contributed by atoms with van der Waals surface area (Å²) in [4.78, 5) is 27.3. The molecular formula is C18H22N4O2. The van der Waals surface area contributed by atoms with Crippen LogP contribution in [0.2, 0.25) is 0 Å². The molecule has 126 valence electrons. The number of carbonyl (C=O) groups excluding carboxylic acids is 1. The summed E-state index contributed by atoms with van der Waals surface area (Å²) in [7, 11) is 0. The summed E-state index contributed by atoms with van der Waals surface area (Å²) in [6, 6.07) is 7.46. The molecule has 1 aliphatic carbocycles. The van der Waals surface area contributed by atoms with E-state index in [4.69, 9.17) is 0 Å². The van der Waals surface area contributed by atoms with Crippen LogP contribution in [0.15, 0.2) is 29.1 Å². The zero-order chi connectivity index (χ0) is 16.5. The predicted octanol–water partition coefficient (Wildman–Crippen LogP) is 1.97. The van der Waals surface area contributed by atoms with E-state index in [-0.39, 0.29) is 18.0 Å². The van der Waals surface area contributed by atoms with Gasteiger partial charge in [0, 0.05) is 12.6 Å². The molecule has 1 atom stereocenters. The van der Waals surface area contributed by atoms with Crippen molar-refractivity contribution in [3.8, 4) is 0 Å². The summed E-state index contributed by atoms with van der Waals surface area (Å²) in [5, 5.41) is 8.52. The molecule has 1 saturated heterocycles. The van der Waals surface area contributed by atoms with E-state index in [2.05, 4.69) is 10.3 Å². The largest absolute Gasteiger partial charge is 0.338 e. The van der Waals surface area contributed by atoms with Gasteiger partial charge in [0.05, 0.1) is 5.39 Å². The molecule has 0 radical (unpaired) electrons. The van der Waals surface area contributed by atoms with Crippen LogP contribution in [0.4, 0.5) is 0 Å². The highest BCUT2D eigenvalue weighted by molar-refractivity contribution is 5.78. The third-order valence-electron chi connectivity index (χ3n) is 5.48. The standard InChI is InChI=1S/C18H22N4O2/c23-17(21-11-5-10-16(21)13-6-1-2-7-13)12-22-18(24)14-8-3-4-9-15(14)19-20-22/h3-4,8-9,13,16H,1-2,5-7,10-12H2. The zero-order valence-electron chi connectivity index (χ0n) is 13.7. The van der Waals surface area contributed by atoms with Crippen molar-refractivity contribution in [2.45, 2.75) is 51.1 Å². The van der Waals surface area contributed by atoms with Crippen LogP contribution in [0.5, 0.6) is 0 Å². The van der Waals surface area contributed by atoms with Crippen molar-refractivity contribution in [3.05, 3.63) is 34.6 Å². The Morgan fingerprint density at radius 3 is 2.75 bits per heavy atom. The number of hydrogen-bond acceptors (Lipinski definition) is 4. The molecule has 6 heteroatoms. The van der Waals surface area contributed by atoms with Crippen LogP contribution >= 0.6 is 0 Å². The number of aromatic nitrogens is 3. The Bertz CT molecular complexity index is 810. The monoisotopic (exact) mass is 326 g/mol. The van der Waals surface area contributed by atoms with E-state index in [1.54, 1.807) is 18.2 Å². The van der Waals surface area contributed by atoms with E-state index in [0.29, 0.717) is 22.9 Å². The van der Waals surface area contributed by atoms with Gasteiger partial charge in [-0.25, -0.2) is 4.68 Å². The van der Waals surface area contributed by atoms with Gasteiger partial charge in [-0.2, -0.15) is 0 Å². The van der Waals surface area contributed by atoms with Gasteiger partial charge < -0.3 is 4.90 Å². The molecule has 2 aromatic rings. The molecular weight excluding hydrogens is 304 g/mol. The van der Waals surface area contributed by atoms with Crippen molar-refractivity contribution in [2.75, 3.05) is 6.54 Å². The summed E-state index contributed by atoms with van der Waals surface area (Å²) in [6.45, 7) is 0.787. The lowest BCUT2D eigenvalue weighted by molar-refractivity contribution is -0.133. The van der Waals surface area contributed by atoms with E-state index >= 15 is 0 Å². The van der Waals surface area contributed by atoms with Gasteiger partial charge >= 0.3 is 0 Å². The Labute approximate surface area is 140 Å². The lowest BCUT2D eigenvalue weighted by Crippen LogP contribution is -2.43. The average Bonchev–Trinajstić information content (AvgIpc) is 3.28. The molecule has 0 spiro atoms. The summed E-state index contributed by atoms with van der Waals surface area (Å²) < 4.78 is 1.20. The number of hydrogen-bond donors (Lipinski definition) is 0. The first kappa shape index (κ1) is 15.3. The van der Waals surface area contributed by atoms with Crippen LogP contribution < -0.4 is 5.56 Å². The molecule has 6 nitrogen and oxygen atoms in total. The number of amides is 1. The van der Waals surface area contributed by atoms with E-state index < -0.39 is 0 Å². The highest BCUT2D eigenvalue weighted by Crippen LogP contribution is 2.35. The van der Waals surface area contributed by atoms with Gasteiger partial charge in [-0.1, -0.05) is 30.2 Å². The third kappa shape index (κ3) is 2.70. The van der Waals surface area contributed by atoms with Crippen molar-refractivity contribution < 1.29 is 4.79 Å². The lowest BCUT2D eigenvalue weighted by atomic mass is 9.96. The van der Waals surface area contributed by atoms with E-state index in [1.807, 2.05) is 11.0 Å². The van der Waals surface area contributed by atoms with E-state index in [1.165, 1.54) is 30.4 Å². The SMILES string of the molecule is O=C(Cn1nnc2ccccc2c1=O)N1CCCC1C1CCCC1. The summed E-state index contributed by atoms with van der Waals surface area (Å²) in [6.07, 6.45) is 7.16. The third-order valence-corrected chi connectivity index (χ3v) is 5.48. The Hall–Kier alpha value is -2.24. The first-order valence-corrected chi connectivity index (χ1v) is 8.86. The first-order chi connectivity index (χ1) is 11.7. The Balaban J connectivity index is 1.55. The second-order valence-electron chi connectivity index (χ2n) is 6.91. The normalized spacial score (nSPS) is 21.7. The fourth-order valence-electron chi connectivity index (χ4n) is 4.28. The number of fused-ring (bicyclic) bond motifs is 1. The molecule has 0 bridgehead atoms. The summed E-state index contributed by atoms with van der Waals surface area (Å²) in [5.74, 6) is 0.631. The van der Waals surface area contributed by atoms with Crippen molar-refractivity contribution >= 4 is 16.8 Å². The van der Waals surface area contributed by atoms with Gasteiger partial charge in [0.1, 0.15) is 12.1 Å². The van der Waals surface area contributed by atoms with Gasteiger partial charge in [0.2, 0.25) is 5.91 Å². The Kier molecular flexibility index (Phi) is 4.04. The molecule has 2 fully saturated rings. The topological polar surface area (TPSA) is 68.1 Å². The van der Waals surface area contributed by atoms with Gasteiger partial charge in [0.15, 0.2) is 0 Å². The quantitative estimate of drug-likeness (QED) is 0.865. The van der Waals surface area contributed by atoms with Crippen LogP contribution in [0.3, 0.4) is 0 Å². The van der Waals surface area contributed by atoms with E-state index in [0.717, 1.165) is 19.4 Å². The van der Waals surface area contributed by atoms with Crippen molar-refractivity contribution in [2.24, 2.45) is 5.92 Å². The smallest absolute Gasteiger partial charge is 0.278 e. The summed E-state index contributed by atoms with van der Waals surface area (Å²) in [5.41, 5.74) is 0.321. The summed E-state index contributed by atoms with van der Waals surface area (Å²) >= 11 is 0. The maximum atomic E-state index is 12.8.